The molecule has 3 aromatic carbocycles. The highest BCUT2D eigenvalue weighted by Crippen LogP contribution is 2.39. The van der Waals surface area contributed by atoms with E-state index in [0.717, 1.165) is 15.7 Å². The van der Waals surface area contributed by atoms with Gasteiger partial charge in [0.05, 0.1) is 16.2 Å². The Bertz CT molecular complexity index is 1110. The Morgan fingerprint density at radius 3 is 2.39 bits per heavy atom. The molecule has 0 atom stereocenters. The van der Waals surface area contributed by atoms with Crippen LogP contribution in [0.5, 0.6) is 0 Å². The fraction of sp³-hybridized carbons (Fsp3) is 0. The Hall–Kier alpha value is -3.45. The number of halogens is 1. The third-order valence-electron chi connectivity index (χ3n) is 4.38. The van der Waals surface area contributed by atoms with Gasteiger partial charge in [-0.05, 0) is 35.9 Å². The van der Waals surface area contributed by atoms with E-state index in [1.165, 1.54) is 12.1 Å². The van der Waals surface area contributed by atoms with E-state index >= 15 is 0 Å². The molecule has 0 aliphatic carbocycles. The average molecular weight is 436 g/mol. The molecule has 1 heterocycles. The molecule has 0 saturated heterocycles. The molecule has 0 aromatic heterocycles. The van der Waals surface area contributed by atoms with Gasteiger partial charge in [0.25, 0.3) is 11.6 Å². The summed E-state index contributed by atoms with van der Waals surface area (Å²) in [7, 11) is 0. The van der Waals surface area contributed by atoms with Gasteiger partial charge >= 0.3 is 0 Å². The second kappa shape index (κ2) is 7.28. The predicted octanol–water partition coefficient (Wildman–Crippen LogP) is 5.29. The third kappa shape index (κ3) is 3.39. The fourth-order valence-corrected chi connectivity index (χ4v) is 3.34. The van der Waals surface area contributed by atoms with Crippen molar-refractivity contribution in [3.8, 4) is 0 Å². The number of nitrogens with zero attached hydrogens (tertiary/aromatic N) is 1. The monoisotopic (exact) mass is 435 g/mol. The number of carbonyl (C=O) groups is 1. The van der Waals surface area contributed by atoms with Crippen LogP contribution < -0.4 is 10.6 Å². The molecule has 1 aliphatic heterocycles. The van der Waals surface area contributed by atoms with Crippen molar-refractivity contribution >= 4 is 50.2 Å². The Morgan fingerprint density at radius 1 is 1.00 bits per heavy atom. The van der Waals surface area contributed by atoms with Crippen LogP contribution in [0.25, 0.3) is 11.3 Å². The van der Waals surface area contributed by atoms with Gasteiger partial charge < -0.3 is 10.6 Å². The summed E-state index contributed by atoms with van der Waals surface area (Å²) in [5.74, 6) is -0.307. The second-order valence-corrected chi connectivity index (χ2v) is 7.10. The molecule has 2 N–H and O–H groups in total. The molecule has 28 heavy (non-hydrogen) atoms. The van der Waals surface area contributed by atoms with Crippen LogP contribution in [-0.4, -0.2) is 10.8 Å². The van der Waals surface area contributed by atoms with Crippen LogP contribution >= 0.6 is 15.9 Å². The van der Waals surface area contributed by atoms with E-state index in [0.29, 0.717) is 22.5 Å². The zero-order chi connectivity index (χ0) is 19.7. The van der Waals surface area contributed by atoms with Crippen molar-refractivity contribution in [1.29, 1.82) is 0 Å². The van der Waals surface area contributed by atoms with Crippen molar-refractivity contribution in [3.63, 3.8) is 0 Å². The smallest absolute Gasteiger partial charge is 0.270 e. The first-order chi connectivity index (χ1) is 13.5. The van der Waals surface area contributed by atoms with Crippen LogP contribution in [0, 0.1) is 10.1 Å². The molecule has 0 spiro atoms. The summed E-state index contributed by atoms with van der Waals surface area (Å²) in [6.07, 6.45) is 0. The van der Waals surface area contributed by atoms with Crippen LogP contribution in [-0.2, 0) is 4.79 Å². The number of rotatable bonds is 4. The van der Waals surface area contributed by atoms with Crippen molar-refractivity contribution in [2.45, 2.75) is 0 Å². The standard InChI is InChI=1S/C21H14BrN3O3/c22-14-6-8-15(9-7-14)23-20(13-4-2-1-3-5-13)19-17-12-16(25(27)28)10-11-18(17)24-21(19)26/h1-12,23H,(H,24,26)/b20-19-. The predicted molar refractivity (Wildman–Crippen MR) is 113 cm³/mol. The van der Waals surface area contributed by atoms with Crippen LogP contribution in [0.15, 0.2) is 77.3 Å². The van der Waals surface area contributed by atoms with Crippen LogP contribution in [0.2, 0.25) is 0 Å². The van der Waals surface area contributed by atoms with Crippen LogP contribution in [0.4, 0.5) is 17.1 Å². The highest BCUT2D eigenvalue weighted by Gasteiger charge is 2.30. The highest BCUT2D eigenvalue weighted by atomic mass is 79.9. The molecule has 138 valence electrons. The summed E-state index contributed by atoms with van der Waals surface area (Å²) in [5.41, 5.74) is 3.53. The summed E-state index contributed by atoms with van der Waals surface area (Å²) >= 11 is 3.41. The van der Waals surface area contributed by atoms with E-state index in [4.69, 9.17) is 0 Å². The summed E-state index contributed by atoms with van der Waals surface area (Å²) in [4.78, 5) is 23.5. The lowest BCUT2D eigenvalue weighted by Gasteiger charge is -2.14. The average Bonchev–Trinajstić information content (AvgIpc) is 3.03. The zero-order valence-electron chi connectivity index (χ0n) is 14.5. The Balaban J connectivity index is 1.92. The van der Waals surface area contributed by atoms with Gasteiger partial charge in [0.2, 0.25) is 0 Å². The number of benzene rings is 3. The molecule has 0 fully saturated rings. The number of nitro benzene ring substituents is 1. The van der Waals surface area contributed by atoms with Crippen LogP contribution in [0.1, 0.15) is 11.1 Å². The molecule has 3 aromatic rings. The van der Waals surface area contributed by atoms with Crippen molar-refractivity contribution < 1.29 is 9.72 Å². The van der Waals surface area contributed by atoms with Gasteiger partial charge in [-0.15, -0.1) is 0 Å². The molecule has 0 saturated carbocycles. The number of hydrogen-bond donors (Lipinski definition) is 2. The molecular weight excluding hydrogens is 422 g/mol. The minimum atomic E-state index is -0.467. The SMILES string of the molecule is O=C1Nc2ccc([N+](=O)[O-])cc2/C1=C(/Nc1ccc(Br)cc1)c1ccccc1. The van der Waals surface area contributed by atoms with Crippen molar-refractivity contribution in [1.82, 2.24) is 0 Å². The molecule has 1 amide bonds. The molecular formula is C21H14BrN3O3. The number of amides is 1. The molecule has 7 heteroatoms. The van der Waals surface area contributed by atoms with E-state index in [2.05, 4.69) is 26.6 Å². The van der Waals surface area contributed by atoms with Gasteiger partial charge in [0, 0.05) is 33.5 Å². The lowest BCUT2D eigenvalue weighted by atomic mass is 9.99. The number of fused-ring (bicyclic) bond motifs is 1. The molecule has 4 rings (SSSR count). The van der Waals surface area contributed by atoms with Gasteiger partial charge in [0.1, 0.15) is 0 Å². The highest BCUT2D eigenvalue weighted by molar-refractivity contribution is 9.10. The lowest BCUT2D eigenvalue weighted by molar-refractivity contribution is -0.384. The van der Waals surface area contributed by atoms with Gasteiger partial charge in [-0.25, -0.2) is 0 Å². The number of hydrogen-bond acceptors (Lipinski definition) is 4. The number of non-ortho nitro benzene ring substituents is 1. The maximum atomic E-state index is 12.8. The van der Waals surface area contributed by atoms with Crippen molar-refractivity contribution in [2.75, 3.05) is 10.6 Å². The quantitative estimate of drug-likeness (QED) is 0.331. The maximum Gasteiger partial charge on any atom is 0.270 e. The van der Waals surface area contributed by atoms with Gasteiger partial charge in [-0.3, -0.25) is 14.9 Å². The normalized spacial score (nSPS) is 14.2. The van der Waals surface area contributed by atoms with Crippen LogP contribution in [0.3, 0.4) is 0 Å². The summed E-state index contributed by atoms with van der Waals surface area (Å²) in [6.45, 7) is 0. The largest absolute Gasteiger partial charge is 0.354 e. The van der Waals surface area contributed by atoms with E-state index in [1.54, 1.807) is 6.07 Å². The summed E-state index contributed by atoms with van der Waals surface area (Å²) < 4.78 is 0.937. The van der Waals surface area contributed by atoms with E-state index < -0.39 is 4.92 Å². The first kappa shape index (κ1) is 17.9. The minimum Gasteiger partial charge on any atom is -0.354 e. The third-order valence-corrected chi connectivity index (χ3v) is 4.91. The van der Waals surface area contributed by atoms with Gasteiger partial charge in [0.15, 0.2) is 0 Å². The first-order valence-corrected chi connectivity index (χ1v) is 9.24. The second-order valence-electron chi connectivity index (χ2n) is 6.19. The number of carbonyl (C=O) groups excluding carboxylic acids is 1. The number of nitrogens with one attached hydrogen (secondary N) is 2. The minimum absolute atomic E-state index is 0.0659. The lowest BCUT2D eigenvalue weighted by Crippen LogP contribution is -2.10. The van der Waals surface area contributed by atoms with E-state index in [1.807, 2.05) is 54.6 Å². The Morgan fingerprint density at radius 2 is 1.71 bits per heavy atom. The van der Waals surface area contributed by atoms with E-state index in [-0.39, 0.29) is 11.6 Å². The molecule has 1 aliphatic rings. The molecule has 6 nitrogen and oxygen atoms in total. The fourth-order valence-electron chi connectivity index (χ4n) is 3.08. The maximum absolute atomic E-state index is 12.8. The van der Waals surface area contributed by atoms with Crippen molar-refractivity contribution in [2.24, 2.45) is 0 Å². The molecule has 0 radical (unpaired) electrons. The Labute approximate surface area is 169 Å². The Kier molecular flexibility index (Phi) is 4.67. The summed E-state index contributed by atoms with van der Waals surface area (Å²) in [6, 6.07) is 21.3. The zero-order valence-corrected chi connectivity index (χ0v) is 16.1. The molecule has 0 unspecified atom stereocenters. The summed E-state index contributed by atoms with van der Waals surface area (Å²) in [5, 5.41) is 17.3. The van der Waals surface area contributed by atoms with E-state index in [9.17, 15) is 14.9 Å². The topological polar surface area (TPSA) is 84.3 Å². The number of nitro groups is 1. The number of anilines is 2. The molecule has 0 bridgehead atoms. The first-order valence-electron chi connectivity index (χ1n) is 8.45. The van der Waals surface area contributed by atoms with Gasteiger partial charge in [-0.1, -0.05) is 46.3 Å². The van der Waals surface area contributed by atoms with Gasteiger partial charge in [-0.2, -0.15) is 0 Å². The van der Waals surface area contributed by atoms with Crippen molar-refractivity contribution in [3.05, 3.63) is 98.5 Å².